The van der Waals surface area contributed by atoms with Gasteiger partial charge in [-0.25, -0.2) is 0 Å². The zero-order chi connectivity index (χ0) is 15.9. The molecule has 0 bridgehead atoms. The average molecular weight is 358 g/mol. The smallest absolute Gasteiger partial charge is 0.125 e. The van der Waals surface area contributed by atoms with Crippen LogP contribution in [0, 0.1) is 0 Å². The summed E-state index contributed by atoms with van der Waals surface area (Å²) in [5, 5.41) is 13.9. The minimum absolute atomic E-state index is 0.226. The lowest BCUT2D eigenvalue weighted by Crippen LogP contribution is -2.34. The number of hydrogen-bond donors (Lipinski definition) is 2. The predicted molar refractivity (Wildman–Crippen MR) is 91.9 cm³/mol. The number of ether oxygens (including phenoxy) is 1. The summed E-state index contributed by atoms with van der Waals surface area (Å²) < 4.78 is 6.93. The Kier molecular flexibility index (Phi) is 7.71. The van der Waals surface area contributed by atoms with Crippen LogP contribution in [0.4, 0.5) is 0 Å². The first-order valence-electron chi connectivity index (χ1n) is 7.83. The van der Waals surface area contributed by atoms with Gasteiger partial charge in [0.1, 0.15) is 12.4 Å². The van der Waals surface area contributed by atoms with Gasteiger partial charge in [0.25, 0.3) is 0 Å². The van der Waals surface area contributed by atoms with Crippen LogP contribution < -0.4 is 10.1 Å². The van der Waals surface area contributed by atoms with Gasteiger partial charge in [-0.1, -0.05) is 42.8 Å². The van der Waals surface area contributed by atoms with Crippen LogP contribution in [-0.2, 0) is 0 Å². The molecule has 0 aliphatic carbocycles. The van der Waals surface area contributed by atoms with Gasteiger partial charge < -0.3 is 15.2 Å². The van der Waals surface area contributed by atoms with E-state index in [0.717, 1.165) is 28.8 Å². The molecular weight excluding hydrogens is 330 g/mol. The second-order valence-electron chi connectivity index (χ2n) is 5.58. The number of halogens is 1. The van der Waals surface area contributed by atoms with E-state index in [0.29, 0.717) is 19.4 Å². The Hall–Kier alpha value is -0.580. The molecule has 120 valence electrons. The Bertz CT molecular complexity index is 433. The molecule has 2 N–H and O–H groups in total. The van der Waals surface area contributed by atoms with E-state index in [-0.39, 0.29) is 6.04 Å². The minimum Gasteiger partial charge on any atom is -0.490 e. The molecule has 4 heteroatoms. The summed E-state index contributed by atoms with van der Waals surface area (Å²) in [5.74, 6) is 0.834. The third-order valence-electron chi connectivity index (χ3n) is 3.96. The maximum absolute atomic E-state index is 10.4. The molecule has 0 heterocycles. The SMILES string of the molecule is CCCNC(C)c1ccc(Br)cc1OCC(O)(CC)CC. The molecule has 0 saturated heterocycles. The van der Waals surface area contributed by atoms with Crippen molar-refractivity contribution in [1.29, 1.82) is 0 Å². The van der Waals surface area contributed by atoms with Crippen LogP contribution in [0.3, 0.4) is 0 Å². The van der Waals surface area contributed by atoms with Gasteiger partial charge in [-0.3, -0.25) is 0 Å². The van der Waals surface area contributed by atoms with E-state index in [9.17, 15) is 5.11 Å². The van der Waals surface area contributed by atoms with Crippen molar-refractivity contribution in [3.8, 4) is 5.75 Å². The molecule has 1 rings (SSSR count). The quantitative estimate of drug-likeness (QED) is 0.686. The van der Waals surface area contributed by atoms with Gasteiger partial charge in [-0.15, -0.1) is 0 Å². The van der Waals surface area contributed by atoms with Crippen molar-refractivity contribution in [2.75, 3.05) is 13.2 Å². The van der Waals surface area contributed by atoms with Gasteiger partial charge in [-0.05, 0) is 44.9 Å². The molecule has 0 fully saturated rings. The molecule has 21 heavy (non-hydrogen) atoms. The zero-order valence-electron chi connectivity index (χ0n) is 13.6. The summed E-state index contributed by atoms with van der Waals surface area (Å²) in [7, 11) is 0. The molecule has 3 nitrogen and oxygen atoms in total. The maximum Gasteiger partial charge on any atom is 0.125 e. The van der Waals surface area contributed by atoms with E-state index < -0.39 is 5.60 Å². The van der Waals surface area contributed by atoms with Crippen LogP contribution in [0.25, 0.3) is 0 Å². The molecular formula is C17H28BrNO2. The fourth-order valence-corrected chi connectivity index (χ4v) is 2.47. The lowest BCUT2D eigenvalue weighted by atomic mass is 9.99. The van der Waals surface area contributed by atoms with Crippen molar-refractivity contribution in [3.63, 3.8) is 0 Å². The normalized spacial score (nSPS) is 13.2. The Morgan fingerprint density at radius 1 is 1.29 bits per heavy atom. The fourth-order valence-electron chi connectivity index (χ4n) is 2.13. The number of benzene rings is 1. The highest BCUT2D eigenvalue weighted by atomic mass is 79.9. The van der Waals surface area contributed by atoms with Crippen LogP contribution >= 0.6 is 15.9 Å². The van der Waals surface area contributed by atoms with E-state index in [2.05, 4.69) is 41.2 Å². The maximum atomic E-state index is 10.4. The van der Waals surface area contributed by atoms with Gasteiger partial charge in [0.15, 0.2) is 0 Å². The average Bonchev–Trinajstić information content (AvgIpc) is 2.50. The van der Waals surface area contributed by atoms with Crippen LogP contribution in [0.2, 0.25) is 0 Å². The zero-order valence-corrected chi connectivity index (χ0v) is 15.2. The van der Waals surface area contributed by atoms with Gasteiger partial charge in [0.2, 0.25) is 0 Å². The van der Waals surface area contributed by atoms with Gasteiger partial charge in [0.05, 0.1) is 5.60 Å². The first-order chi connectivity index (χ1) is 9.95. The van der Waals surface area contributed by atoms with Gasteiger partial charge in [0, 0.05) is 16.1 Å². The highest BCUT2D eigenvalue weighted by Gasteiger charge is 2.24. The Morgan fingerprint density at radius 2 is 1.95 bits per heavy atom. The van der Waals surface area contributed by atoms with Crippen LogP contribution in [0.15, 0.2) is 22.7 Å². The standard InChI is InChI=1S/C17H28BrNO2/c1-5-10-19-13(4)15-9-8-14(18)11-16(15)21-12-17(20,6-2)7-3/h8-9,11,13,19-20H,5-7,10,12H2,1-4H3. The van der Waals surface area contributed by atoms with Gasteiger partial charge >= 0.3 is 0 Å². The molecule has 0 radical (unpaired) electrons. The topological polar surface area (TPSA) is 41.5 Å². The van der Waals surface area contributed by atoms with E-state index in [1.165, 1.54) is 0 Å². The first kappa shape index (κ1) is 18.5. The number of rotatable bonds is 9. The molecule has 0 spiro atoms. The third-order valence-corrected chi connectivity index (χ3v) is 4.45. The van der Waals surface area contributed by atoms with E-state index in [4.69, 9.17) is 4.74 Å². The lowest BCUT2D eigenvalue weighted by Gasteiger charge is -2.26. The Morgan fingerprint density at radius 3 is 2.52 bits per heavy atom. The fraction of sp³-hybridized carbons (Fsp3) is 0.647. The van der Waals surface area contributed by atoms with Crippen molar-refractivity contribution in [3.05, 3.63) is 28.2 Å². The minimum atomic E-state index is -0.750. The Balaban J connectivity index is 2.86. The Labute approximate surface area is 137 Å². The molecule has 0 aliphatic heterocycles. The van der Waals surface area contributed by atoms with Crippen molar-refractivity contribution in [2.24, 2.45) is 0 Å². The highest BCUT2D eigenvalue weighted by Crippen LogP contribution is 2.30. The van der Waals surface area contributed by atoms with E-state index in [1.807, 2.05) is 26.0 Å². The number of hydrogen-bond acceptors (Lipinski definition) is 3. The summed E-state index contributed by atoms with van der Waals surface area (Å²) in [4.78, 5) is 0. The van der Waals surface area contributed by atoms with E-state index in [1.54, 1.807) is 0 Å². The summed E-state index contributed by atoms with van der Waals surface area (Å²) in [6.07, 6.45) is 2.48. The molecule has 1 aromatic carbocycles. The lowest BCUT2D eigenvalue weighted by molar-refractivity contribution is -0.0117. The van der Waals surface area contributed by atoms with Crippen molar-refractivity contribution in [2.45, 2.75) is 58.6 Å². The predicted octanol–water partition coefficient (Wildman–Crippen LogP) is 4.44. The second-order valence-corrected chi connectivity index (χ2v) is 6.49. The van der Waals surface area contributed by atoms with Crippen molar-refractivity contribution in [1.82, 2.24) is 5.32 Å². The highest BCUT2D eigenvalue weighted by molar-refractivity contribution is 9.10. The number of nitrogens with one attached hydrogen (secondary N) is 1. The van der Waals surface area contributed by atoms with E-state index >= 15 is 0 Å². The van der Waals surface area contributed by atoms with Crippen molar-refractivity contribution < 1.29 is 9.84 Å². The molecule has 1 aromatic rings. The van der Waals surface area contributed by atoms with Crippen LogP contribution in [0.5, 0.6) is 5.75 Å². The number of aliphatic hydroxyl groups is 1. The largest absolute Gasteiger partial charge is 0.490 e. The second kappa shape index (κ2) is 8.76. The van der Waals surface area contributed by atoms with Crippen LogP contribution in [-0.4, -0.2) is 23.9 Å². The molecule has 0 aromatic heterocycles. The molecule has 0 amide bonds. The van der Waals surface area contributed by atoms with Crippen LogP contribution in [0.1, 0.15) is 58.6 Å². The van der Waals surface area contributed by atoms with Crippen molar-refractivity contribution >= 4 is 15.9 Å². The third kappa shape index (κ3) is 5.61. The summed E-state index contributed by atoms with van der Waals surface area (Å²) in [6.45, 7) is 9.56. The molecule has 1 unspecified atom stereocenters. The summed E-state index contributed by atoms with van der Waals surface area (Å²) >= 11 is 3.49. The molecule has 0 saturated carbocycles. The molecule has 0 aliphatic rings. The first-order valence-corrected chi connectivity index (χ1v) is 8.63. The summed E-state index contributed by atoms with van der Waals surface area (Å²) in [5.41, 5.74) is 0.376. The monoisotopic (exact) mass is 357 g/mol. The molecule has 1 atom stereocenters. The summed E-state index contributed by atoms with van der Waals surface area (Å²) in [6, 6.07) is 6.30. The van der Waals surface area contributed by atoms with Gasteiger partial charge in [-0.2, -0.15) is 0 Å².